The van der Waals surface area contributed by atoms with Crippen molar-refractivity contribution in [2.45, 2.75) is 193 Å². The molecule has 0 amide bonds. The molecule has 0 unspecified atom stereocenters. The fourth-order valence-electron chi connectivity index (χ4n) is 5.73. The Bertz CT molecular complexity index is 561. The number of unbranched alkanes of at least 4 members (excludes halogenated alkanes) is 18. The van der Waals surface area contributed by atoms with Gasteiger partial charge in [-0.1, -0.05) is 149 Å². The topological polar surface area (TPSA) is 35.5 Å². The molecule has 0 saturated carbocycles. The zero-order valence-corrected chi connectivity index (χ0v) is 29.6. The lowest BCUT2D eigenvalue weighted by Crippen LogP contribution is -2.47. The Morgan fingerprint density at radius 2 is 0.897 bits per heavy atom. The molecule has 232 valence electrons. The second kappa shape index (κ2) is 25.3. The lowest BCUT2D eigenvalue weighted by Gasteiger charge is -2.38. The van der Waals surface area contributed by atoms with Crippen LogP contribution in [0.1, 0.15) is 156 Å². The monoisotopic (exact) mass is 582 g/mol. The van der Waals surface area contributed by atoms with E-state index in [0.29, 0.717) is 12.2 Å². The van der Waals surface area contributed by atoms with Gasteiger partial charge in [-0.15, -0.1) is 0 Å². The van der Waals surface area contributed by atoms with E-state index < -0.39 is 16.6 Å². The van der Waals surface area contributed by atoms with Crippen LogP contribution in [0, 0.1) is 0 Å². The van der Waals surface area contributed by atoms with Crippen LogP contribution < -0.4 is 0 Å². The average Bonchev–Trinajstić information content (AvgIpc) is 2.87. The molecule has 0 aliphatic rings. The summed E-state index contributed by atoms with van der Waals surface area (Å²) in [5, 5.41) is 0. The highest BCUT2D eigenvalue weighted by Crippen LogP contribution is 2.33. The van der Waals surface area contributed by atoms with Crippen molar-refractivity contribution < 1.29 is 13.6 Å². The third-order valence-corrected chi connectivity index (χ3v) is 15.8. The largest absolute Gasteiger partial charge is 0.462 e. The Kier molecular flexibility index (Phi) is 25.1. The van der Waals surface area contributed by atoms with Crippen LogP contribution in [0.25, 0.3) is 0 Å². The van der Waals surface area contributed by atoms with Crippen molar-refractivity contribution in [2.24, 2.45) is 0 Å². The first-order valence-electron chi connectivity index (χ1n) is 17.2. The lowest BCUT2D eigenvalue weighted by molar-refractivity contribution is -0.138. The summed E-state index contributed by atoms with van der Waals surface area (Å²) in [6.45, 7) is 17.6. The van der Waals surface area contributed by atoms with E-state index >= 15 is 0 Å². The number of hydrogen-bond acceptors (Lipinski definition) is 3. The minimum Gasteiger partial charge on any atom is -0.462 e. The van der Waals surface area contributed by atoms with E-state index in [0.717, 1.165) is 12.5 Å². The molecule has 0 radical (unpaired) electrons. The summed E-state index contributed by atoms with van der Waals surface area (Å²) >= 11 is 0. The molecule has 0 rings (SSSR count). The molecule has 0 aliphatic heterocycles. The molecule has 0 saturated heterocycles. The van der Waals surface area contributed by atoms with E-state index in [2.05, 4.69) is 40.1 Å². The Labute approximate surface area is 247 Å². The quantitative estimate of drug-likeness (QED) is 0.0381. The van der Waals surface area contributed by atoms with E-state index in [-0.39, 0.29) is 5.97 Å². The molecule has 5 heteroatoms. The van der Waals surface area contributed by atoms with Gasteiger partial charge in [-0.2, -0.15) is 0 Å². The molecular formula is C34H70O3Si2. The van der Waals surface area contributed by atoms with Crippen molar-refractivity contribution in [1.82, 2.24) is 0 Å². The van der Waals surface area contributed by atoms with Gasteiger partial charge in [-0.05, 0) is 51.1 Å². The van der Waals surface area contributed by atoms with Gasteiger partial charge in [-0.25, -0.2) is 4.79 Å². The van der Waals surface area contributed by atoms with Crippen LogP contribution in [-0.2, 0) is 13.6 Å². The maximum Gasteiger partial charge on any atom is 0.333 e. The Morgan fingerprint density at radius 3 is 1.23 bits per heavy atom. The lowest BCUT2D eigenvalue weighted by atomic mass is 10.1. The number of carbonyl (C=O) groups is 1. The predicted octanol–water partition coefficient (Wildman–Crippen LogP) is 12.1. The van der Waals surface area contributed by atoms with Crippen LogP contribution in [-0.4, -0.2) is 29.2 Å². The molecule has 0 N–H and O–H groups in total. The van der Waals surface area contributed by atoms with Gasteiger partial charge in [0.05, 0.1) is 6.61 Å². The van der Waals surface area contributed by atoms with Crippen LogP contribution in [0.15, 0.2) is 12.2 Å². The third-order valence-electron chi connectivity index (χ3n) is 7.85. The molecule has 0 heterocycles. The Morgan fingerprint density at radius 1 is 0.564 bits per heavy atom. The first-order valence-corrected chi connectivity index (χ1v) is 23.1. The zero-order chi connectivity index (χ0) is 29.2. The van der Waals surface area contributed by atoms with Gasteiger partial charge >= 0.3 is 5.97 Å². The molecule has 0 aromatic rings. The third kappa shape index (κ3) is 25.1. The molecule has 0 aromatic heterocycles. The second-order valence-electron chi connectivity index (χ2n) is 13.3. The summed E-state index contributed by atoms with van der Waals surface area (Å²) in [5.74, 6) is -0.252. The van der Waals surface area contributed by atoms with Gasteiger partial charge in [0.1, 0.15) is 0 Å². The summed E-state index contributed by atoms with van der Waals surface area (Å²) < 4.78 is 12.6. The summed E-state index contributed by atoms with van der Waals surface area (Å²) in [7, 11) is -3.51. The van der Waals surface area contributed by atoms with E-state index in [4.69, 9.17) is 8.85 Å². The minimum atomic E-state index is -1.86. The maximum atomic E-state index is 11.9. The molecule has 0 aliphatic carbocycles. The first-order chi connectivity index (χ1) is 18.7. The highest BCUT2D eigenvalue weighted by Gasteiger charge is 2.37. The van der Waals surface area contributed by atoms with E-state index in [9.17, 15) is 4.79 Å². The van der Waals surface area contributed by atoms with E-state index in [1.807, 2.05) is 0 Å². The minimum absolute atomic E-state index is 0.252. The van der Waals surface area contributed by atoms with Crippen molar-refractivity contribution >= 4 is 22.6 Å². The molecule has 0 bridgehead atoms. The Hall–Kier alpha value is -0.396. The maximum absolute atomic E-state index is 11.9. The van der Waals surface area contributed by atoms with Crippen molar-refractivity contribution in [3.05, 3.63) is 12.2 Å². The van der Waals surface area contributed by atoms with Crippen molar-refractivity contribution in [3.8, 4) is 0 Å². The fourth-order valence-corrected chi connectivity index (χ4v) is 15.5. The number of rotatable bonds is 29. The van der Waals surface area contributed by atoms with Crippen LogP contribution in [0.3, 0.4) is 0 Å². The fraction of sp³-hybridized carbons (Fsp3) is 0.912. The van der Waals surface area contributed by atoms with Crippen LogP contribution in [0.4, 0.5) is 0 Å². The zero-order valence-electron chi connectivity index (χ0n) is 27.6. The molecule has 0 aromatic carbocycles. The van der Waals surface area contributed by atoms with E-state index in [1.165, 1.54) is 141 Å². The van der Waals surface area contributed by atoms with Gasteiger partial charge in [0, 0.05) is 5.57 Å². The van der Waals surface area contributed by atoms with Gasteiger partial charge in [0.2, 0.25) is 0 Å². The Balaban J connectivity index is 4.75. The molecule has 0 fully saturated rings. The standard InChI is InChI=1S/C34H70O3Si2/c1-8-10-12-14-16-18-20-22-24-26-30-39(37-38(5,6)7,32-28-29-36-34(35)33(3)4)31-27-25-23-21-19-17-15-13-11-9-2/h3,8-32H2,1-2,4-7H3. The van der Waals surface area contributed by atoms with Crippen molar-refractivity contribution in [2.75, 3.05) is 6.61 Å². The number of esters is 1. The highest BCUT2D eigenvalue weighted by atomic mass is 28.4. The summed E-state index contributed by atoms with van der Waals surface area (Å²) in [4.78, 5) is 11.9. The molecule has 3 nitrogen and oxygen atoms in total. The van der Waals surface area contributed by atoms with Crippen molar-refractivity contribution in [3.63, 3.8) is 0 Å². The number of ether oxygens (including phenoxy) is 1. The SMILES string of the molecule is C=C(C)C(=O)OCCC[Si](CCCCCCCCCCCC)(CCCCCCCCCCCC)O[Si](C)(C)C. The molecule has 39 heavy (non-hydrogen) atoms. The van der Waals surface area contributed by atoms with Gasteiger partial charge < -0.3 is 8.85 Å². The molecule has 0 spiro atoms. The second-order valence-corrected chi connectivity index (χ2v) is 22.2. The summed E-state index contributed by atoms with van der Waals surface area (Å²) in [5.41, 5.74) is 0.493. The number of carbonyl (C=O) groups excluding carboxylic acids is 1. The average molecular weight is 583 g/mol. The van der Waals surface area contributed by atoms with Crippen LogP contribution >= 0.6 is 0 Å². The molecule has 0 atom stereocenters. The highest BCUT2D eigenvalue weighted by molar-refractivity contribution is 6.85. The van der Waals surface area contributed by atoms with Crippen molar-refractivity contribution in [1.29, 1.82) is 0 Å². The molecular weight excluding hydrogens is 513 g/mol. The van der Waals surface area contributed by atoms with E-state index in [1.54, 1.807) is 6.92 Å². The smallest absolute Gasteiger partial charge is 0.333 e. The summed E-state index contributed by atoms with van der Waals surface area (Å²) in [6, 6.07) is 3.72. The normalized spacial score (nSPS) is 12.2. The first kappa shape index (κ1) is 38.6. The summed E-state index contributed by atoms with van der Waals surface area (Å²) in [6.07, 6.45) is 28.6. The van der Waals surface area contributed by atoms with Gasteiger partial charge in [0.15, 0.2) is 16.6 Å². The van der Waals surface area contributed by atoms with Gasteiger partial charge in [0.25, 0.3) is 0 Å². The number of hydrogen-bond donors (Lipinski definition) is 0. The van der Waals surface area contributed by atoms with Gasteiger partial charge in [-0.3, -0.25) is 0 Å². The predicted molar refractivity (Wildman–Crippen MR) is 179 cm³/mol. The van der Waals surface area contributed by atoms with Crippen LogP contribution in [0.2, 0.25) is 37.8 Å². The van der Waals surface area contributed by atoms with Crippen LogP contribution in [0.5, 0.6) is 0 Å².